The fraction of sp³-hybridized carbons (Fsp3) is 0.423. The fourth-order valence-electron chi connectivity index (χ4n) is 5.59. The summed E-state index contributed by atoms with van der Waals surface area (Å²) in [6.45, 7) is 2.09. The van der Waals surface area contributed by atoms with Gasteiger partial charge in [-0.1, -0.05) is 48.5 Å². The van der Waals surface area contributed by atoms with Crippen molar-refractivity contribution in [2.45, 2.75) is 36.9 Å². The first-order valence-electron chi connectivity index (χ1n) is 11.9. The molecule has 3 unspecified atom stereocenters. The monoisotopic (exact) mass is 479 g/mol. The number of carboxylic acids is 1. The molecule has 0 bridgehead atoms. The van der Waals surface area contributed by atoms with E-state index in [2.05, 4.69) is 10.2 Å². The Morgan fingerprint density at radius 2 is 1.66 bits per heavy atom. The molecular weight excluding hydrogens is 450 g/mol. The van der Waals surface area contributed by atoms with E-state index in [-0.39, 0.29) is 18.6 Å². The van der Waals surface area contributed by atoms with Gasteiger partial charge in [-0.05, 0) is 28.7 Å². The van der Waals surface area contributed by atoms with E-state index < -0.39 is 36.5 Å². The molecule has 2 heterocycles. The van der Waals surface area contributed by atoms with Crippen molar-refractivity contribution < 1.29 is 29.3 Å². The van der Waals surface area contributed by atoms with Crippen molar-refractivity contribution in [1.29, 1.82) is 0 Å². The molecule has 2 aromatic rings. The molecule has 9 nitrogen and oxygen atoms in total. The van der Waals surface area contributed by atoms with Gasteiger partial charge in [0.2, 0.25) is 5.91 Å². The first kappa shape index (κ1) is 23.3. The fourth-order valence-corrected chi connectivity index (χ4v) is 5.59. The molecular formula is C26H29N3O6. The molecule has 0 spiro atoms. The van der Waals surface area contributed by atoms with Crippen molar-refractivity contribution in [2.24, 2.45) is 0 Å². The molecule has 3 N–H and O–H groups in total. The number of benzene rings is 2. The highest BCUT2D eigenvalue weighted by molar-refractivity contribution is 5.89. The third kappa shape index (κ3) is 4.74. The molecule has 3 aliphatic rings. The number of rotatable bonds is 6. The number of aliphatic hydroxyl groups is 1. The molecule has 2 saturated heterocycles. The van der Waals surface area contributed by atoms with Crippen LogP contribution in [0.4, 0.5) is 4.79 Å². The second kappa shape index (κ2) is 9.67. The van der Waals surface area contributed by atoms with Crippen LogP contribution < -0.4 is 5.32 Å². The van der Waals surface area contributed by atoms with Gasteiger partial charge in [-0.2, -0.15) is 0 Å². The molecule has 35 heavy (non-hydrogen) atoms. The molecule has 184 valence electrons. The maximum Gasteiger partial charge on any atom is 0.407 e. The van der Waals surface area contributed by atoms with Crippen LogP contribution in [-0.2, 0) is 14.3 Å². The minimum Gasteiger partial charge on any atom is -0.481 e. The Bertz CT molecular complexity index is 1090. The summed E-state index contributed by atoms with van der Waals surface area (Å²) in [6, 6.07) is 14.8. The molecule has 9 heteroatoms. The summed E-state index contributed by atoms with van der Waals surface area (Å²) >= 11 is 0. The minimum atomic E-state index is -1.22. The molecule has 2 aromatic carbocycles. The molecule has 0 aromatic heterocycles. The Morgan fingerprint density at radius 1 is 1.00 bits per heavy atom. The Balaban J connectivity index is 1.23. The number of amides is 2. The lowest BCUT2D eigenvalue weighted by Crippen LogP contribution is -2.57. The maximum absolute atomic E-state index is 13.1. The van der Waals surface area contributed by atoms with Gasteiger partial charge in [-0.3, -0.25) is 14.5 Å². The first-order valence-corrected chi connectivity index (χ1v) is 11.9. The lowest BCUT2D eigenvalue weighted by Gasteiger charge is -2.38. The largest absolute Gasteiger partial charge is 0.481 e. The maximum atomic E-state index is 13.1. The predicted molar refractivity (Wildman–Crippen MR) is 127 cm³/mol. The summed E-state index contributed by atoms with van der Waals surface area (Å²) in [5.74, 6) is -1.76. The van der Waals surface area contributed by atoms with Crippen LogP contribution in [0.1, 0.15) is 29.9 Å². The zero-order chi connectivity index (χ0) is 24.5. The van der Waals surface area contributed by atoms with E-state index in [9.17, 15) is 24.6 Å². The van der Waals surface area contributed by atoms with E-state index in [0.29, 0.717) is 32.6 Å². The smallest absolute Gasteiger partial charge is 0.407 e. The summed E-state index contributed by atoms with van der Waals surface area (Å²) in [6.07, 6.45) is -1.19. The number of aliphatic hydroxyl groups excluding tert-OH is 1. The SMILES string of the molecule is O=C(O)CC(NC(=O)OCC1c2ccccc2-c2ccccc21)C(=O)N1CCN2CC(O)CC2C1. The summed E-state index contributed by atoms with van der Waals surface area (Å²) in [5, 5.41) is 21.7. The number of carbonyl (C=O) groups excluding carboxylic acids is 2. The van der Waals surface area contributed by atoms with Crippen LogP contribution in [0.5, 0.6) is 0 Å². The highest BCUT2D eigenvalue weighted by atomic mass is 16.5. The van der Waals surface area contributed by atoms with Gasteiger partial charge in [0.15, 0.2) is 0 Å². The third-order valence-electron chi connectivity index (χ3n) is 7.22. The molecule has 0 saturated carbocycles. The van der Waals surface area contributed by atoms with Gasteiger partial charge >= 0.3 is 12.1 Å². The Morgan fingerprint density at radius 3 is 2.31 bits per heavy atom. The highest BCUT2D eigenvalue weighted by Crippen LogP contribution is 2.44. The summed E-state index contributed by atoms with van der Waals surface area (Å²) in [4.78, 5) is 41.0. The lowest BCUT2D eigenvalue weighted by atomic mass is 9.98. The highest BCUT2D eigenvalue weighted by Gasteiger charge is 2.39. The van der Waals surface area contributed by atoms with Crippen LogP contribution >= 0.6 is 0 Å². The van der Waals surface area contributed by atoms with Crippen molar-refractivity contribution >= 4 is 18.0 Å². The van der Waals surface area contributed by atoms with Gasteiger partial charge < -0.3 is 25.2 Å². The number of aliphatic carboxylic acids is 1. The molecule has 5 rings (SSSR count). The normalized spacial score (nSPS) is 22.1. The number of nitrogens with one attached hydrogen (secondary N) is 1. The number of carboxylic acid groups (broad SMARTS) is 1. The molecule has 2 amide bonds. The van der Waals surface area contributed by atoms with Gasteiger partial charge in [0, 0.05) is 38.1 Å². The predicted octanol–water partition coefficient (Wildman–Crippen LogP) is 1.65. The van der Waals surface area contributed by atoms with Crippen LogP contribution in [0.25, 0.3) is 11.1 Å². The second-order valence-corrected chi connectivity index (χ2v) is 9.44. The van der Waals surface area contributed by atoms with Crippen molar-refractivity contribution in [3.63, 3.8) is 0 Å². The summed E-state index contributed by atoms with van der Waals surface area (Å²) in [7, 11) is 0. The quantitative estimate of drug-likeness (QED) is 0.576. The zero-order valence-electron chi connectivity index (χ0n) is 19.3. The molecule has 1 aliphatic carbocycles. The third-order valence-corrected chi connectivity index (χ3v) is 7.22. The van der Waals surface area contributed by atoms with Crippen molar-refractivity contribution in [2.75, 3.05) is 32.8 Å². The van der Waals surface area contributed by atoms with E-state index in [1.165, 1.54) is 0 Å². The van der Waals surface area contributed by atoms with Crippen molar-refractivity contribution in [3.05, 3.63) is 59.7 Å². The first-order chi connectivity index (χ1) is 16.9. The van der Waals surface area contributed by atoms with Gasteiger partial charge in [-0.25, -0.2) is 4.79 Å². The van der Waals surface area contributed by atoms with E-state index >= 15 is 0 Å². The number of nitrogens with zero attached hydrogens (tertiary/aromatic N) is 2. The van der Waals surface area contributed by atoms with Crippen molar-refractivity contribution in [1.82, 2.24) is 15.1 Å². The van der Waals surface area contributed by atoms with Gasteiger partial charge in [0.1, 0.15) is 12.6 Å². The van der Waals surface area contributed by atoms with Crippen LogP contribution in [-0.4, -0.2) is 89.0 Å². The lowest BCUT2D eigenvalue weighted by molar-refractivity contribution is -0.143. The number of hydrogen-bond donors (Lipinski definition) is 3. The van der Waals surface area contributed by atoms with E-state index in [0.717, 1.165) is 22.3 Å². The molecule has 0 radical (unpaired) electrons. The van der Waals surface area contributed by atoms with Crippen LogP contribution in [0.3, 0.4) is 0 Å². The summed E-state index contributed by atoms with van der Waals surface area (Å²) in [5.41, 5.74) is 4.34. The molecule has 3 atom stereocenters. The Kier molecular flexibility index (Phi) is 6.44. The van der Waals surface area contributed by atoms with Gasteiger partial charge in [0.25, 0.3) is 0 Å². The van der Waals surface area contributed by atoms with E-state index in [1.54, 1.807) is 4.90 Å². The van der Waals surface area contributed by atoms with Crippen LogP contribution in [0.15, 0.2) is 48.5 Å². The average molecular weight is 480 g/mol. The topological polar surface area (TPSA) is 119 Å². The van der Waals surface area contributed by atoms with Crippen LogP contribution in [0, 0.1) is 0 Å². The molecule has 2 aliphatic heterocycles. The number of hydrogen-bond acceptors (Lipinski definition) is 6. The van der Waals surface area contributed by atoms with E-state index in [4.69, 9.17) is 4.74 Å². The molecule has 2 fully saturated rings. The number of piperazine rings is 1. The number of ether oxygens (including phenoxy) is 1. The average Bonchev–Trinajstić information content (AvgIpc) is 3.38. The Labute approximate surface area is 203 Å². The number of carbonyl (C=O) groups is 3. The van der Waals surface area contributed by atoms with Crippen molar-refractivity contribution in [3.8, 4) is 11.1 Å². The number of fused-ring (bicyclic) bond motifs is 4. The standard InChI is InChI=1S/C26H29N3O6/c30-17-11-16-13-29(10-9-28(16)14-17)25(33)23(12-24(31)32)27-26(34)35-15-22-20-7-3-1-5-18(20)19-6-2-4-8-21(19)22/h1-8,16-17,22-23,30H,9-15H2,(H,27,34)(H,31,32). The number of alkyl carbamates (subject to hydrolysis) is 1. The minimum absolute atomic E-state index is 0.0441. The zero-order valence-corrected chi connectivity index (χ0v) is 19.3. The van der Waals surface area contributed by atoms with Gasteiger partial charge in [-0.15, -0.1) is 0 Å². The Hall–Kier alpha value is -3.43. The summed E-state index contributed by atoms with van der Waals surface area (Å²) < 4.78 is 5.52. The second-order valence-electron chi connectivity index (χ2n) is 9.44. The van der Waals surface area contributed by atoms with Crippen LogP contribution in [0.2, 0.25) is 0 Å². The van der Waals surface area contributed by atoms with E-state index in [1.807, 2.05) is 48.5 Å². The van der Waals surface area contributed by atoms with Gasteiger partial charge in [0.05, 0.1) is 12.5 Å².